The Morgan fingerprint density at radius 2 is 2.12 bits per heavy atom. The van der Waals surface area contributed by atoms with Gasteiger partial charge in [0.05, 0.1) is 30.4 Å². The van der Waals surface area contributed by atoms with E-state index in [1.807, 2.05) is 0 Å². The van der Waals surface area contributed by atoms with Crippen LogP contribution in [0.5, 0.6) is 0 Å². The number of ether oxygens (including phenoxy) is 1. The smallest absolute Gasteiger partial charge is 0.261 e. The lowest BCUT2D eigenvalue weighted by atomic mass is 10.1. The summed E-state index contributed by atoms with van der Waals surface area (Å²) < 4.78 is 6.47. The first-order valence-corrected chi connectivity index (χ1v) is 7.73. The highest BCUT2D eigenvalue weighted by Gasteiger charge is 2.09. The molecule has 0 saturated heterocycles. The molecule has 2 aromatic carbocycles. The molecule has 0 aliphatic rings. The highest BCUT2D eigenvalue weighted by molar-refractivity contribution is 6.05. The molecule has 0 fully saturated rings. The third-order valence-corrected chi connectivity index (χ3v) is 3.77. The second-order valence-electron chi connectivity index (χ2n) is 5.55. The molecule has 0 saturated carbocycles. The summed E-state index contributed by atoms with van der Waals surface area (Å²) in [6.07, 6.45) is 1.49. The first-order valence-electron chi connectivity index (χ1n) is 7.73. The minimum Gasteiger partial charge on any atom is -0.399 e. The number of nitrogens with one attached hydrogen (secondary N) is 1. The summed E-state index contributed by atoms with van der Waals surface area (Å²) in [6.45, 7) is 0.830. The van der Waals surface area contributed by atoms with Crippen LogP contribution in [0.25, 0.3) is 10.9 Å². The van der Waals surface area contributed by atoms with Gasteiger partial charge in [0, 0.05) is 24.0 Å². The summed E-state index contributed by atoms with van der Waals surface area (Å²) in [5.41, 5.74) is 7.56. The van der Waals surface area contributed by atoms with Crippen molar-refractivity contribution in [2.75, 3.05) is 24.8 Å². The van der Waals surface area contributed by atoms with E-state index in [0.29, 0.717) is 41.0 Å². The maximum atomic E-state index is 12.5. The second-order valence-corrected chi connectivity index (χ2v) is 5.55. The van der Waals surface area contributed by atoms with Crippen molar-refractivity contribution in [3.05, 3.63) is 64.7 Å². The molecule has 3 N–H and O–H groups in total. The monoisotopic (exact) mass is 338 g/mol. The Hall–Kier alpha value is -3.19. The molecular formula is C18H18N4O3. The average molecular weight is 338 g/mol. The van der Waals surface area contributed by atoms with Gasteiger partial charge in [-0.2, -0.15) is 0 Å². The Morgan fingerprint density at radius 1 is 1.28 bits per heavy atom. The lowest BCUT2D eigenvalue weighted by Crippen LogP contribution is -2.22. The SMILES string of the molecule is COCCn1cnc2ccc(NC(=O)c3cccc(N)c3)cc2c1=O. The fourth-order valence-corrected chi connectivity index (χ4v) is 2.47. The topological polar surface area (TPSA) is 99.2 Å². The minimum absolute atomic E-state index is 0.179. The number of amides is 1. The molecule has 0 unspecified atom stereocenters. The lowest BCUT2D eigenvalue weighted by molar-refractivity contribution is 0.102. The van der Waals surface area contributed by atoms with Crippen molar-refractivity contribution >= 4 is 28.2 Å². The molecule has 3 rings (SSSR count). The molecule has 0 aliphatic carbocycles. The van der Waals surface area contributed by atoms with Gasteiger partial charge in [-0.3, -0.25) is 14.2 Å². The van der Waals surface area contributed by atoms with E-state index in [1.54, 1.807) is 49.6 Å². The van der Waals surface area contributed by atoms with Gasteiger partial charge in [-0.05, 0) is 36.4 Å². The number of aromatic nitrogens is 2. The number of carbonyl (C=O) groups is 1. The number of fused-ring (bicyclic) bond motifs is 1. The third kappa shape index (κ3) is 3.67. The quantitative estimate of drug-likeness (QED) is 0.692. The van der Waals surface area contributed by atoms with E-state index < -0.39 is 0 Å². The summed E-state index contributed by atoms with van der Waals surface area (Å²) >= 11 is 0. The molecule has 128 valence electrons. The Morgan fingerprint density at radius 3 is 2.88 bits per heavy atom. The van der Waals surface area contributed by atoms with Gasteiger partial charge in [0.15, 0.2) is 0 Å². The molecule has 1 aromatic heterocycles. The number of anilines is 2. The summed E-state index contributed by atoms with van der Waals surface area (Å²) in [5, 5.41) is 3.21. The number of hydrogen-bond acceptors (Lipinski definition) is 5. The molecule has 7 heteroatoms. The van der Waals surface area contributed by atoms with Crippen LogP contribution in [0.1, 0.15) is 10.4 Å². The van der Waals surface area contributed by atoms with Crippen molar-refractivity contribution in [2.24, 2.45) is 0 Å². The van der Waals surface area contributed by atoms with Crippen molar-refractivity contribution in [1.82, 2.24) is 9.55 Å². The first-order chi connectivity index (χ1) is 12.1. The van der Waals surface area contributed by atoms with E-state index in [1.165, 1.54) is 10.9 Å². The number of rotatable bonds is 5. The number of benzene rings is 2. The number of carbonyl (C=O) groups excluding carboxylic acids is 1. The van der Waals surface area contributed by atoms with Crippen molar-refractivity contribution < 1.29 is 9.53 Å². The third-order valence-electron chi connectivity index (χ3n) is 3.77. The summed E-state index contributed by atoms with van der Waals surface area (Å²) in [7, 11) is 1.57. The molecular weight excluding hydrogens is 320 g/mol. The van der Waals surface area contributed by atoms with Crippen LogP contribution in [0.3, 0.4) is 0 Å². The number of methoxy groups -OCH3 is 1. The number of nitrogens with two attached hydrogens (primary N) is 1. The molecule has 0 aliphatic heterocycles. The van der Waals surface area contributed by atoms with Crippen LogP contribution < -0.4 is 16.6 Å². The van der Waals surface area contributed by atoms with Crippen molar-refractivity contribution in [3.63, 3.8) is 0 Å². The fourth-order valence-electron chi connectivity index (χ4n) is 2.47. The predicted octanol–water partition coefficient (Wildman–Crippen LogP) is 1.88. The average Bonchev–Trinajstić information content (AvgIpc) is 2.61. The van der Waals surface area contributed by atoms with Crippen LogP contribution in [0.2, 0.25) is 0 Å². The lowest BCUT2D eigenvalue weighted by Gasteiger charge is -2.09. The molecule has 0 atom stereocenters. The molecule has 1 heterocycles. The zero-order valence-electron chi connectivity index (χ0n) is 13.7. The van der Waals surface area contributed by atoms with Crippen molar-refractivity contribution in [2.45, 2.75) is 6.54 Å². The van der Waals surface area contributed by atoms with Gasteiger partial charge in [-0.25, -0.2) is 4.98 Å². The van der Waals surface area contributed by atoms with Gasteiger partial charge in [0.25, 0.3) is 11.5 Å². The summed E-state index contributed by atoms with van der Waals surface area (Å²) in [4.78, 5) is 29.1. The molecule has 7 nitrogen and oxygen atoms in total. The highest BCUT2D eigenvalue weighted by Crippen LogP contribution is 2.16. The van der Waals surface area contributed by atoms with Crippen LogP contribution in [-0.4, -0.2) is 29.2 Å². The largest absolute Gasteiger partial charge is 0.399 e. The number of nitrogen functional groups attached to an aromatic ring is 1. The van der Waals surface area contributed by atoms with E-state index >= 15 is 0 Å². The normalized spacial score (nSPS) is 10.8. The first kappa shape index (κ1) is 16.7. The van der Waals surface area contributed by atoms with Crippen LogP contribution >= 0.6 is 0 Å². The fraction of sp³-hybridized carbons (Fsp3) is 0.167. The van der Waals surface area contributed by atoms with Crippen molar-refractivity contribution in [3.8, 4) is 0 Å². The maximum Gasteiger partial charge on any atom is 0.261 e. The zero-order chi connectivity index (χ0) is 17.8. The Labute approximate surface area is 144 Å². The molecule has 25 heavy (non-hydrogen) atoms. The van der Waals surface area contributed by atoms with Gasteiger partial charge in [0.1, 0.15) is 0 Å². The summed E-state index contributed by atoms with van der Waals surface area (Å²) in [5.74, 6) is -0.296. The van der Waals surface area contributed by atoms with Crippen LogP contribution in [0, 0.1) is 0 Å². The second kappa shape index (κ2) is 7.14. The van der Waals surface area contributed by atoms with E-state index in [4.69, 9.17) is 10.5 Å². The molecule has 3 aromatic rings. The van der Waals surface area contributed by atoms with Crippen LogP contribution in [-0.2, 0) is 11.3 Å². The number of hydrogen-bond donors (Lipinski definition) is 2. The predicted molar refractivity (Wildman–Crippen MR) is 96.7 cm³/mol. The molecule has 1 amide bonds. The van der Waals surface area contributed by atoms with E-state index in [2.05, 4.69) is 10.3 Å². The minimum atomic E-state index is -0.296. The standard InChI is InChI=1S/C18H18N4O3/c1-25-8-7-22-11-20-16-6-5-14(10-15(16)18(22)24)21-17(23)12-3-2-4-13(19)9-12/h2-6,9-11H,7-8,19H2,1H3,(H,21,23). The number of nitrogens with zero attached hydrogens (tertiary/aromatic N) is 2. The van der Waals surface area contributed by atoms with Gasteiger partial charge >= 0.3 is 0 Å². The van der Waals surface area contributed by atoms with E-state index in [0.717, 1.165) is 0 Å². The van der Waals surface area contributed by atoms with Gasteiger partial charge in [-0.1, -0.05) is 6.07 Å². The molecule has 0 bridgehead atoms. The Bertz CT molecular complexity index is 981. The van der Waals surface area contributed by atoms with E-state index in [-0.39, 0.29) is 11.5 Å². The Balaban J connectivity index is 1.91. The Kier molecular flexibility index (Phi) is 4.76. The maximum absolute atomic E-state index is 12.5. The highest BCUT2D eigenvalue weighted by atomic mass is 16.5. The van der Waals surface area contributed by atoms with Crippen LogP contribution in [0.4, 0.5) is 11.4 Å². The van der Waals surface area contributed by atoms with Gasteiger partial charge in [-0.15, -0.1) is 0 Å². The van der Waals surface area contributed by atoms with E-state index in [9.17, 15) is 9.59 Å². The molecule has 0 radical (unpaired) electrons. The van der Waals surface area contributed by atoms with Gasteiger partial charge < -0.3 is 15.8 Å². The van der Waals surface area contributed by atoms with Crippen molar-refractivity contribution in [1.29, 1.82) is 0 Å². The van der Waals surface area contributed by atoms with Crippen LogP contribution in [0.15, 0.2) is 53.6 Å². The molecule has 0 spiro atoms. The zero-order valence-corrected chi connectivity index (χ0v) is 13.7. The summed E-state index contributed by atoms with van der Waals surface area (Å²) in [6, 6.07) is 11.7. The van der Waals surface area contributed by atoms with Gasteiger partial charge in [0.2, 0.25) is 0 Å².